The number of carboxylic acids is 1. The molecular formula is C24H32N7O6S2+. The summed E-state index contributed by atoms with van der Waals surface area (Å²) in [6, 6.07) is -0.912. The number of carboxylic acid groups (broad SMARTS) is 1. The monoisotopic (exact) mass is 578 g/mol. The van der Waals surface area contributed by atoms with Gasteiger partial charge in [-0.25, -0.2) is 4.79 Å². The zero-order valence-corrected chi connectivity index (χ0v) is 23.0. The van der Waals surface area contributed by atoms with Crippen molar-refractivity contribution >= 4 is 51.9 Å². The van der Waals surface area contributed by atoms with E-state index in [2.05, 4.69) is 19.8 Å². The van der Waals surface area contributed by atoms with Gasteiger partial charge in [-0.1, -0.05) is 5.16 Å². The molecule has 0 radical (unpaired) electrons. The lowest BCUT2D eigenvalue weighted by molar-refractivity contribution is -0.941. The first-order valence-corrected chi connectivity index (χ1v) is 15.0. The second-order valence-electron chi connectivity index (χ2n) is 11.3. The first-order chi connectivity index (χ1) is 18.7. The minimum Gasteiger partial charge on any atom is -0.477 e. The lowest BCUT2D eigenvalue weighted by Crippen LogP contribution is -2.71. The summed E-state index contributed by atoms with van der Waals surface area (Å²) >= 11 is 2.37. The Morgan fingerprint density at radius 3 is 2.56 bits per heavy atom. The molecule has 7 rings (SSSR count). The van der Waals surface area contributed by atoms with Gasteiger partial charge in [0.2, 0.25) is 11.5 Å². The molecule has 1 aliphatic carbocycles. The van der Waals surface area contributed by atoms with Crippen LogP contribution in [0.1, 0.15) is 37.9 Å². The summed E-state index contributed by atoms with van der Waals surface area (Å²) in [5, 5.41) is 26.3. The number of hydrogen-bond donors (Lipinski definition) is 4. The first-order valence-electron chi connectivity index (χ1n) is 13.2. The molecule has 0 unspecified atom stereocenters. The highest BCUT2D eigenvalue weighted by molar-refractivity contribution is 8.00. The number of carbonyl (C=O) groups excluding carboxylic acids is 2. The molecule has 1 aromatic heterocycles. The van der Waals surface area contributed by atoms with Crippen LogP contribution in [0.5, 0.6) is 0 Å². The SMILES string of the molecule is Nc1nc(C(=NOCC2CC2)C(=O)N[C@@H]2C(=O)N3C(C(=O)O)=C(C[N+]45CCC(CO)(CC4)CC5)CS[C@@H]23)ns1. The standard InChI is InChI=1S/C24H31N7O6S2/c25-23-27-18(29-39-23)15(28-37-10-13-1-2-13)19(33)26-16-20(34)30-17(22(35)36)14(11-38-21(16)30)9-31-6-3-24(12-32,4-7-31)5-8-31/h13,16,21,32H,1-12H2,(H3-,25,26,27,29,33,35,36)/p+1/t16-,21+,24?,31?/m1/s1. The summed E-state index contributed by atoms with van der Waals surface area (Å²) in [6.45, 7) is 3.86. The third-order valence-corrected chi connectivity index (χ3v) is 10.7. The number of aliphatic carboxylic acids is 1. The largest absolute Gasteiger partial charge is 0.477 e. The fourth-order valence-corrected chi connectivity index (χ4v) is 7.80. The van der Waals surface area contributed by atoms with Gasteiger partial charge in [0.05, 0.1) is 19.6 Å². The molecule has 1 saturated carbocycles. The van der Waals surface area contributed by atoms with Crippen LogP contribution in [0.15, 0.2) is 16.4 Å². The minimum atomic E-state index is -1.14. The van der Waals surface area contributed by atoms with Crippen LogP contribution in [-0.2, 0) is 19.2 Å². The molecule has 210 valence electrons. The number of carbonyl (C=O) groups is 3. The average Bonchev–Trinajstić information content (AvgIpc) is 3.67. The van der Waals surface area contributed by atoms with Crippen molar-refractivity contribution in [3.8, 4) is 0 Å². The summed E-state index contributed by atoms with van der Waals surface area (Å²) in [5.74, 6) is -1.40. The number of anilines is 1. The van der Waals surface area contributed by atoms with E-state index in [0.29, 0.717) is 24.8 Å². The number of aromatic nitrogens is 2. The van der Waals surface area contributed by atoms with Gasteiger partial charge in [-0.3, -0.25) is 14.5 Å². The topological polar surface area (TPSA) is 180 Å². The van der Waals surface area contributed by atoms with Crippen molar-refractivity contribution < 1.29 is 33.9 Å². The Morgan fingerprint density at radius 1 is 1.26 bits per heavy atom. The van der Waals surface area contributed by atoms with Crippen LogP contribution in [0.4, 0.5) is 5.13 Å². The molecule has 2 atom stereocenters. The molecule has 5 N–H and O–H groups in total. The second kappa shape index (κ2) is 10.0. The van der Waals surface area contributed by atoms with E-state index >= 15 is 0 Å². The summed E-state index contributed by atoms with van der Waals surface area (Å²) in [6.07, 6.45) is 4.89. The van der Waals surface area contributed by atoms with Crippen molar-refractivity contribution in [2.75, 3.05) is 50.9 Å². The van der Waals surface area contributed by atoms with Crippen molar-refractivity contribution in [2.45, 2.75) is 43.5 Å². The minimum absolute atomic E-state index is 0.0141. The molecule has 5 aliphatic heterocycles. The van der Waals surface area contributed by atoms with Crippen LogP contribution in [0.25, 0.3) is 0 Å². The molecule has 2 amide bonds. The van der Waals surface area contributed by atoms with Crippen molar-refractivity contribution in [2.24, 2.45) is 16.5 Å². The smallest absolute Gasteiger partial charge is 0.352 e. The van der Waals surface area contributed by atoms with Crippen LogP contribution >= 0.6 is 23.3 Å². The van der Waals surface area contributed by atoms with Crippen LogP contribution in [0, 0.1) is 11.3 Å². The van der Waals surface area contributed by atoms with Gasteiger partial charge >= 0.3 is 5.97 Å². The third-order valence-electron chi connectivity index (χ3n) is 8.78. The number of rotatable bonds is 10. The molecule has 1 aromatic rings. The molecule has 15 heteroatoms. The number of nitrogens with one attached hydrogen (secondary N) is 1. The fourth-order valence-electron chi connectivity index (χ4n) is 6.03. The van der Waals surface area contributed by atoms with Crippen LogP contribution < -0.4 is 11.1 Å². The number of nitrogens with two attached hydrogens (primary N) is 1. The van der Waals surface area contributed by atoms with Gasteiger partial charge in [-0.05, 0) is 18.8 Å². The summed E-state index contributed by atoms with van der Waals surface area (Å²) in [7, 11) is 0. The number of hydrogen-bond acceptors (Lipinski definition) is 11. The molecule has 2 bridgehead atoms. The summed E-state index contributed by atoms with van der Waals surface area (Å²) in [5.41, 5.74) is 6.31. The zero-order valence-electron chi connectivity index (χ0n) is 21.4. The van der Waals surface area contributed by atoms with E-state index in [4.69, 9.17) is 10.6 Å². The Hall–Kier alpha value is -2.75. The Bertz CT molecular complexity index is 1240. The maximum Gasteiger partial charge on any atom is 0.352 e. The quantitative estimate of drug-likeness (QED) is 0.128. The normalized spacial score (nSPS) is 32.1. The zero-order chi connectivity index (χ0) is 27.4. The van der Waals surface area contributed by atoms with E-state index in [0.717, 1.165) is 73.3 Å². The number of amides is 2. The number of oxime groups is 1. The van der Waals surface area contributed by atoms with Gasteiger partial charge < -0.3 is 30.6 Å². The number of piperidine rings is 3. The Balaban J connectivity index is 1.17. The van der Waals surface area contributed by atoms with Crippen LogP contribution in [0.2, 0.25) is 0 Å². The Labute approximate surface area is 233 Å². The molecule has 39 heavy (non-hydrogen) atoms. The van der Waals surface area contributed by atoms with Gasteiger partial charge in [0, 0.05) is 54.1 Å². The van der Waals surface area contributed by atoms with Crippen molar-refractivity contribution in [1.82, 2.24) is 19.6 Å². The summed E-state index contributed by atoms with van der Waals surface area (Å²) < 4.78 is 4.86. The molecule has 6 heterocycles. The lowest BCUT2D eigenvalue weighted by atomic mass is 9.71. The van der Waals surface area contributed by atoms with E-state index in [9.17, 15) is 24.6 Å². The van der Waals surface area contributed by atoms with Crippen LogP contribution in [-0.4, -0.2) is 109 Å². The maximum absolute atomic E-state index is 13.2. The maximum atomic E-state index is 13.2. The first kappa shape index (κ1) is 26.5. The number of nitrogen functional groups attached to an aromatic ring is 1. The number of nitrogens with zero attached hydrogens (tertiary/aromatic N) is 5. The number of β-lactam (4-membered cyclic amide) rings is 1. The van der Waals surface area contributed by atoms with Crippen LogP contribution in [0.3, 0.4) is 0 Å². The average molecular weight is 579 g/mol. The molecule has 6 aliphatic rings. The molecule has 13 nitrogen and oxygen atoms in total. The van der Waals surface area contributed by atoms with E-state index in [1.165, 1.54) is 16.7 Å². The van der Waals surface area contributed by atoms with Gasteiger partial charge in [0.15, 0.2) is 5.13 Å². The number of aliphatic hydroxyl groups excluding tert-OH is 1. The number of aliphatic hydroxyl groups is 1. The lowest BCUT2D eigenvalue weighted by Gasteiger charge is -2.55. The highest BCUT2D eigenvalue weighted by Gasteiger charge is 2.56. The number of thioether (sulfide) groups is 1. The van der Waals surface area contributed by atoms with Crippen molar-refractivity contribution in [1.29, 1.82) is 0 Å². The van der Waals surface area contributed by atoms with E-state index in [1.54, 1.807) is 0 Å². The number of quaternary nitrogens is 1. The van der Waals surface area contributed by atoms with E-state index < -0.39 is 29.2 Å². The second-order valence-corrected chi connectivity index (χ2v) is 13.2. The molecular weight excluding hydrogens is 546 g/mol. The van der Waals surface area contributed by atoms with Gasteiger partial charge in [0.25, 0.3) is 11.8 Å². The highest BCUT2D eigenvalue weighted by atomic mass is 32.2. The number of fused-ring (bicyclic) bond motifs is 4. The van der Waals surface area contributed by atoms with E-state index in [-0.39, 0.29) is 34.4 Å². The predicted molar refractivity (Wildman–Crippen MR) is 142 cm³/mol. The molecule has 0 aromatic carbocycles. The molecule has 5 fully saturated rings. The Morgan fingerprint density at radius 2 is 1.97 bits per heavy atom. The highest BCUT2D eigenvalue weighted by Crippen LogP contribution is 2.46. The molecule has 4 saturated heterocycles. The van der Waals surface area contributed by atoms with Gasteiger partial charge in [0.1, 0.15) is 30.3 Å². The third kappa shape index (κ3) is 4.89. The Kier molecular flexibility index (Phi) is 6.80. The molecule has 0 spiro atoms. The van der Waals surface area contributed by atoms with E-state index in [1.807, 2.05) is 0 Å². The van der Waals surface area contributed by atoms with Crippen molar-refractivity contribution in [3.05, 3.63) is 17.1 Å². The fraction of sp³-hybridized carbons (Fsp3) is 0.667. The predicted octanol–water partition coefficient (Wildman–Crippen LogP) is -0.0174. The van der Waals surface area contributed by atoms with Gasteiger partial charge in [-0.15, -0.1) is 11.8 Å². The summed E-state index contributed by atoms with van der Waals surface area (Å²) in [4.78, 5) is 49.5. The van der Waals surface area contributed by atoms with Crippen molar-refractivity contribution in [3.63, 3.8) is 0 Å². The van der Waals surface area contributed by atoms with Gasteiger partial charge in [-0.2, -0.15) is 9.36 Å².